The maximum Gasteiger partial charge on any atom is 0.241 e. The van der Waals surface area contributed by atoms with E-state index in [1.54, 1.807) is 37.4 Å². The van der Waals surface area contributed by atoms with Crippen LogP contribution >= 0.6 is 0 Å². The Morgan fingerprint density at radius 2 is 1.59 bits per heavy atom. The van der Waals surface area contributed by atoms with E-state index in [4.69, 9.17) is 14.2 Å². The van der Waals surface area contributed by atoms with Crippen molar-refractivity contribution >= 4 is 21.6 Å². The molecule has 0 spiro atoms. The van der Waals surface area contributed by atoms with Gasteiger partial charge in [0.25, 0.3) is 0 Å². The zero-order chi connectivity index (χ0) is 21.6. The zero-order valence-corrected chi connectivity index (χ0v) is 17.9. The Labute approximate surface area is 171 Å². The number of sulfonamides is 1. The van der Waals surface area contributed by atoms with Crippen LogP contribution in [-0.4, -0.2) is 48.5 Å². The summed E-state index contributed by atoms with van der Waals surface area (Å²) in [7, 11) is 0.755. The average Bonchev–Trinajstić information content (AvgIpc) is 2.70. The Morgan fingerprint density at radius 3 is 2.10 bits per heavy atom. The van der Waals surface area contributed by atoms with E-state index in [0.29, 0.717) is 11.5 Å². The van der Waals surface area contributed by atoms with Crippen LogP contribution in [0.2, 0.25) is 0 Å². The summed E-state index contributed by atoms with van der Waals surface area (Å²) in [6, 6.07) is 11.7. The Balaban J connectivity index is 2.21. The highest BCUT2D eigenvalue weighted by Crippen LogP contribution is 2.33. The van der Waals surface area contributed by atoms with Crippen molar-refractivity contribution in [3.63, 3.8) is 0 Å². The highest BCUT2D eigenvalue weighted by Gasteiger charge is 2.25. The number of nitrogens with one attached hydrogen (secondary N) is 1. The number of rotatable bonds is 9. The summed E-state index contributed by atoms with van der Waals surface area (Å²) in [5.41, 5.74) is 1.12. The van der Waals surface area contributed by atoms with Crippen molar-refractivity contribution < 1.29 is 27.4 Å². The van der Waals surface area contributed by atoms with E-state index in [9.17, 15) is 13.2 Å². The Bertz CT molecular complexity index is 944. The van der Waals surface area contributed by atoms with E-state index >= 15 is 0 Å². The van der Waals surface area contributed by atoms with Gasteiger partial charge in [-0.1, -0.05) is 12.1 Å². The van der Waals surface area contributed by atoms with E-state index in [2.05, 4.69) is 5.32 Å². The second-order valence-corrected chi connectivity index (χ2v) is 8.28. The minimum atomic E-state index is -3.74. The SMILES string of the molecule is COc1ccc([C@H](C)NC(=O)CN(c2ccc(OC)cc2OC)S(C)(=O)=O)cc1. The molecule has 0 saturated carbocycles. The van der Waals surface area contributed by atoms with Crippen LogP contribution in [0.5, 0.6) is 17.2 Å². The lowest BCUT2D eigenvalue weighted by Gasteiger charge is -2.25. The summed E-state index contributed by atoms with van der Waals surface area (Å²) < 4.78 is 41.3. The molecule has 2 aromatic carbocycles. The summed E-state index contributed by atoms with van der Waals surface area (Å²) >= 11 is 0. The van der Waals surface area contributed by atoms with Crippen molar-refractivity contribution in [3.8, 4) is 17.2 Å². The van der Waals surface area contributed by atoms with Crippen LogP contribution in [0.25, 0.3) is 0 Å². The molecular weight excluding hydrogens is 396 g/mol. The van der Waals surface area contributed by atoms with Crippen LogP contribution in [-0.2, 0) is 14.8 Å². The second-order valence-electron chi connectivity index (χ2n) is 6.37. The van der Waals surface area contributed by atoms with Crippen molar-refractivity contribution in [1.29, 1.82) is 0 Å². The van der Waals surface area contributed by atoms with Gasteiger partial charge in [-0.15, -0.1) is 0 Å². The number of hydrogen-bond acceptors (Lipinski definition) is 6. The van der Waals surface area contributed by atoms with E-state index in [1.165, 1.54) is 14.2 Å². The fraction of sp³-hybridized carbons (Fsp3) is 0.350. The summed E-state index contributed by atoms with van der Waals surface area (Å²) in [4.78, 5) is 12.6. The Morgan fingerprint density at radius 1 is 1.00 bits per heavy atom. The molecule has 0 fully saturated rings. The smallest absolute Gasteiger partial charge is 0.241 e. The zero-order valence-electron chi connectivity index (χ0n) is 17.1. The quantitative estimate of drug-likeness (QED) is 0.667. The maximum absolute atomic E-state index is 12.6. The lowest BCUT2D eigenvalue weighted by atomic mass is 10.1. The number of hydrogen-bond donors (Lipinski definition) is 1. The molecule has 9 heteroatoms. The molecule has 2 aromatic rings. The van der Waals surface area contributed by atoms with Gasteiger partial charge in [0.15, 0.2) is 0 Å². The first kappa shape index (κ1) is 22.4. The predicted octanol–water partition coefficient (Wildman–Crippen LogP) is 2.36. The molecule has 0 aliphatic carbocycles. The van der Waals surface area contributed by atoms with Gasteiger partial charge in [0.05, 0.1) is 39.3 Å². The van der Waals surface area contributed by atoms with Crippen LogP contribution < -0.4 is 23.8 Å². The van der Waals surface area contributed by atoms with Crippen molar-refractivity contribution in [2.45, 2.75) is 13.0 Å². The number of ether oxygens (including phenoxy) is 3. The van der Waals surface area contributed by atoms with Crippen molar-refractivity contribution in [2.24, 2.45) is 0 Å². The molecule has 29 heavy (non-hydrogen) atoms. The van der Waals surface area contributed by atoms with Crippen LogP contribution in [0.4, 0.5) is 5.69 Å². The molecule has 158 valence electrons. The largest absolute Gasteiger partial charge is 0.497 e. The first-order chi connectivity index (χ1) is 13.7. The minimum Gasteiger partial charge on any atom is -0.497 e. The summed E-state index contributed by atoms with van der Waals surface area (Å²) in [5.74, 6) is 1.06. The Hall–Kier alpha value is -2.94. The number of nitrogens with zero attached hydrogens (tertiary/aromatic N) is 1. The van der Waals surface area contributed by atoms with E-state index in [1.807, 2.05) is 19.1 Å². The topological polar surface area (TPSA) is 94.2 Å². The molecule has 0 bridgehead atoms. The number of amides is 1. The molecule has 1 atom stereocenters. The fourth-order valence-corrected chi connectivity index (χ4v) is 3.63. The van der Waals surface area contributed by atoms with Gasteiger partial charge >= 0.3 is 0 Å². The Kier molecular flexibility index (Phi) is 7.33. The van der Waals surface area contributed by atoms with Crippen LogP contribution in [0.1, 0.15) is 18.5 Å². The standard InChI is InChI=1S/C20H26N2O6S/c1-14(15-6-8-16(26-2)9-7-15)21-20(23)13-22(29(5,24)25)18-11-10-17(27-3)12-19(18)28-4/h6-12,14H,13H2,1-5H3,(H,21,23)/t14-/m0/s1. The number of anilines is 1. The molecule has 0 saturated heterocycles. The van der Waals surface area contributed by atoms with Crippen molar-refractivity contribution in [3.05, 3.63) is 48.0 Å². The molecular formula is C20H26N2O6S. The maximum atomic E-state index is 12.6. The van der Waals surface area contributed by atoms with Gasteiger partial charge in [0.1, 0.15) is 23.8 Å². The van der Waals surface area contributed by atoms with Crippen LogP contribution in [0.3, 0.4) is 0 Å². The third-order valence-electron chi connectivity index (χ3n) is 4.34. The molecule has 0 aliphatic rings. The van der Waals surface area contributed by atoms with Gasteiger partial charge in [0.2, 0.25) is 15.9 Å². The number of methoxy groups -OCH3 is 3. The van der Waals surface area contributed by atoms with Crippen molar-refractivity contribution in [1.82, 2.24) is 5.32 Å². The monoisotopic (exact) mass is 422 g/mol. The number of carbonyl (C=O) groups is 1. The van der Waals surface area contributed by atoms with Gasteiger partial charge in [-0.05, 0) is 36.8 Å². The molecule has 0 radical (unpaired) electrons. The van der Waals surface area contributed by atoms with E-state index in [0.717, 1.165) is 16.1 Å². The van der Waals surface area contributed by atoms with Gasteiger partial charge in [-0.2, -0.15) is 0 Å². The molecule has 0 heterocycles. The molecule has 8 nitrogen and oxygen atoms in total. The third kappa shape index (κ3) is 5.77. The predicted molar refractivity (Wildman–Crippen MR) is 111 cm³/mol. The van der Waals surface area contributed by atoms with Crippen molar-refractivity contribution in [2.75, 3.05) is 38.4 Å². The minimum absolute atomic E-state index is 0.253. The van der Waals surface area contributed by atoms with Gasteiger partial charge < -0.3 is 19.5 Å². The summed E-state index contributed by atoms with van der Waals surface area (Å²) in [6.45, 7) is 1.43. The highest BCUT2D eigenvalue weighted by atomic mass is 32.2. The summed E-state index contributed by atoms with van der Waals surface area (Å²) in [5, 5.41) is 2.81. The molecule has 1 N–H and O–H groups in total. The third-order valence-corrected chi connectivity index (χ3v) is 5.46. The molecule has 0 aromatic heterocycles. The molecule has 0 unspecified atom stereocenters. The normalized spacial score (nSPS) is 12.0. The first-order valence-electron chi connectivity index (χ1n) is 8.82. The van der Waals surface area contributed by atoms with E-state index < -0.39 is 15.9 Å². The second kappa shape index (κ2) is 9.51. The van der Waals surface area contributed by atoms with Crippen LogP contribution in [0.15, 0.2) is 42.5 Å². The fourth-order valence-electron chi connectivity index (χ4n) is 2.77. The van der Waals surface area contributed by atoms with E-state index in [-0.39, 0.29) is 24.0 Å². The number of benzene rings is 2. The lowest BCUT2D eigenvalue weighted by molar-refractivity contribution is -0.120. The molecule has 0 aliphatic heterocycles. The highest BCUT2D eigenvalue weighted by molar-refractivity contribution is 7.92. The molecule has 2 rings (SSSR count). The van der Waals surface area contributed by atoms with Crippen LogP contribution in [0, 0.1) is 0 Å². The van der Waals surface area contributed by atoms with Gasteiger partial charge in [0, 0.05) is 6.07 Å². The average molecular weight is 423 g/mol. The summed E-state index contributed by atoms with van der Waals surface area (Å²) in [6.07, 6.45) is 1.04. The van der Waals surface area contributed by atoms with Gasteiger partial charge in [-0.3, -0.25) is 9.10 Å². The number of carbonyl (C=O) groups excluding carboxylic acids is 1. The molecule has 1 amide bonds. The lowest BCUT2D eigenvalue weighted by Crippen LogP contribution is -2.41. The van der Waals surface area contributed by atoms with Gasteiger partial charge in [-0.25, -0.2) is 8.42 Å². The first-order valence-corrected chi connectivity index (χ1v) is 10.7.